The van der Waals surface area contributed by atoms with Gasteiger partial charge >= 0.3 is 0 Å². The molecule has 4 aromatic rings. The number of nitrogens with zero attached hydrogens (tertiary/aromatic N) is 2. The molecule has 2 heterocycles. The van der Waals surface area contributed by atoms with Gasteiger partial charge in [0.05, 0.1) is 24.3 Å². The molecule has 0 spiro atoms. The Morgan fingerprint density at radius 1 is 1.09 bits per heavy atom. The van der Waals surface area contributed by atoms with Gasteiger partial charge in [-0.3, -0.25) is 5.10 Å². The fourth-order valence-electron chi connectivity index (χ4n) is 4.13. The van der Waals surface area contributed by atoms with E-state index in [0.717, 1.165) is 22.4 Å². The molecule has 0 fully saturated rings. The number of nitriles is 1. The predicted octanol–water partition coefficient (Wildman–Crippen LogP) is 5.02. The van der Waals surface area contributed by atoms with Crippen LogP contribution in [0.5, 0.6) is 17.4 Å². The number of hydrogen-bond donors (Lipinski definition) is 2. The Bertz CT molecular complexity index is 1440. The van der Waals surface area contributed by atoms with Crippen molar-refractivity contribution in [1.29, 1.82) is 5.26 Å². The highest BCUT2D eigenvalue weighted by molar-refractivity contribution is 5.71. The fraction of sp³-hybridized carbons (Fsp3) is 0.111. The molecule has 0 aliphatic carbocycles. The minimum Gasteiger partial charge on any atom is -0.493 e. The number of rotatable bonds is 6. The molecule has 8 heteroatoms. The van der Waals surface area contributed by atoms with E-state index in [4.69, 9.17) is 19.9 Å². The predicted molar refractivity (Wildman–Crippen MR) is 127 cm³/mol. The lowest BCUT2D eigenvalue weighted by molar-refractivity contribution is 0.284. The first-order valence-electron chi connectivity index (χ1n) is 10.9. The molecule has 0 bridgehead atoms. The summed E-state index contributed by atoms with van der Waals surface area (Å²) in [5.41, 5.74) is 10.3. The van der Waals surface area contributed by atoms with Gasteiger partial charge in [-0.25, -0.2) is 4.39 Å². The summed E-state index contributed by atoms with van der Waals surface area (Å²) in [5, 5.41) is 17.3. The summed E-state index contributed by atoms with van der Waals surface area (Å²) in [6, 6.07) is 23.4. The SMILES string of the molecule is COc1cc([C@H]2C(C#N)=C(N)Oc3n[nH]c(-c4ccccc4)c32)ccc1OCc1ccc(F)cc1. The van der Waals surface area contributed by atoms with Crippen molar-refractivity contribution in [3.63, 3.8) is 0 Å². The van der Waals surface area contributed by atoms with E-state index in [-0.39, 0.29) is 23.9 Å². The van der Waals surface area contributed by atoms with Gasteiger partial charge in [-0.15, -0.1) is 5.10 Å². The second-order valence-corrected chi connectivity index (χ2v) is 7.93. The molecular formula is C27H21FN4O3. The quantitative estimate of drug-likeness (QED) is 0.412. The van der Waals surface area contributed by atoms with E-state index in [9.17, 15) is 9.65 Å². The van der Waals surface area contributed by atoms with Crippen molar-refractivity contribution in [2.24, 2.45) is 5.73 Å². The molecule has 0 radical (unpaired) electrons. The van der Waals surface area contributed by atoms with Crippen molar-refractivity contribution in [3.8, 4) is 34.7 Å². The van der Waals surface area contributed by atoms with Gasteiger partial charge in [-0.1, -0.05) is 48.5 Å². The number of ether oxygens (including phenoxy) is 3. The number of halogens is 1. The van der Waals surface area contributed by atoms with Crippen LogP contribution in [0.1, 0.15) is 22.6 Å². The fourth-order valence-corrected chi connectivity index (χ4v) is 4.13. The molecule has 3 aromatic carbocycles. The second-order valence-electron chi connectivity index (χ2n) is 7.93. The molecule has 0 saturated heterocycles. The number of nitrogens with two attached hydrogens (primary N) is 1. The highest BCUT2D eigenvalue weighted by atomic mass is 19.1. The molecule has 35 heavy (non-hydrogen) atoms. The van der Waals surface area contributed by atoms with Crippen LogP contribution in [0.4, 0.5) is 4.39 Å². The number of H-pyrrole nitrogens is 1. The third kappa shape index (κ3) is 4.15. The number of nitrogens with one attached hydrogen (secondary N) is 1. The number of hydrogen-bond acceptors (Lipinski definition) is 6. The maximum absolute atomic E-state index is 13.2. The molecular weight excluding hydrogens is 447 g/mol. The largest absolute Gasteiger partial charge is 0.493 e. The Kier molecular flexibility index (Phi) is 5.81. The van der Waals surface area contributed by atoms with Gasteiger partial charge in [-0.2, -0.15) is 5.26 Å². The zero-order chi connectivity index (χ0) is 24.4. The molecule has 5 rings (SSSR count). The van der Waals surface area contributed by atoms with E-state index >= 15 is 0 Å². The average molecular weight is 468 g/mol. The van der Waals surface area contributed by atoms with E-state index in [1.807, 2.05) is 42.5 Å². The lowest BCUT2D eigenvalue weighted by atomic mass is 9.83. The Morgan fingerprint density at radius 3 is 2.57 bits per heavy atom. The van der Waals surface area contributed by atoms with E-state index in [2.05, 4.69) is 16.3 Å². The number of allylic oxidation sites excluding steroid dienone is 1. The average Bonchev–Trinajstić information content (AvgIpc) is 3.31. The Labute approximate surface area is 201 Å². The van der Waals surface area contributed by atoms with Gasteiger partial charge in [0.1, 0.15) is 24.1 Å². The van der Waals surface area contributed by atoms with Crippen LogP contribution in [0.15, 0.2) is 84.3 Å². The van der Waals surface area contributed by atoms with Crippen molar-refractivity contribution in [3.05, 3.63) is 107 Å². The zero-order valence-corrected chi connectivity index (χ0v) is 18.8. The highest BCUT2D eigenvalue weighted by Gasteiger charge is 2.36. The zero-order valence-electron chi connectivity index (χ0n) is 18.8. The number of methoxy groups -OCH3 is 1. The summed E-state index contributed by atoms with van der Waals surface area (Å²) in [5.74, 6) is 0.490. The van der Waals surface area contributed by atoms with Gasteiger partial charge in [-0.05, 0) is 41.0 Å². The van der Waals surface area contributed by atoms with Crippen molar-refractivity contribution in [2.75, 3.05) is 7.11 Å². The Balaban J connectivity index is 1.54. The molecule has 1 aliphatic rings. The number of aromatic nitrogens is 2. The Morgan fingerprint density at radius 2 is 1.86 bits per heavy atom. The molecule has 0 saturated carbocycles. The summed E-state index contributed by atoms with van der Waals surface area (Å²) in [6.07, 6.45) is 0. The highest BCUT2D eigenvalue weighted by Crippen LogP contribution is 2.47. The summed E-state index contributed by atoms with van der Waals surface area (Å²) in [6.45, 7) is 0.244. The van der Waals surface area contributed by atoms with Gasteiger partial charge in [0.25, 0.3) is 0 Å². The van der Waals surface area contributed by atoms with E-state index in [1.165, 1.54) is 12.1 Å². The maximum Gasteiger partial charge on any atom is 0.244 e. The summed E-state index contributed by atoms with van der Waals surface area (Å²) in [4.78, 5) is 0. The topological polar surface area (TPSA) is 106 Å². The number of aromatic amines is 1. The van der Waals surface area contributed by atoms with Crippen molar-refractivity contribution in [2.45, 2.75) is 12.5 Å². The van der Waals surface area contributed by atoms with Gasteiger partial charge in [0.15, 0.2) is 11.5 Å². The van der Waals surface area contributed by atoms with E-state index in [1.54, 1.807) is 25.3 Å². The summed E-state index contributed by atoms with van der Waals surface area (Å²) >= 11 is 0. The molecule has 1 aromatic heterocycles. The van der Waals surface area contributed by atoms with Crippen LogP contribution >= 0.6 is 0 Å². The molecule has 0 unspecified atom stereocenters. The van der Waals surface area contributed by atoms with Crippen LogP contribution in [0, 0.1) is 17.1 Å². The van der Waals surface area contributed by atoms with E-state index < -0.39 is 5.92 Å². The normalized spacial score (nSPS) is 14.6. The lowest BCUT2D eigenvalue weighted by Gasteiger charge is -2.25. The van der Waals surface area contributed by atoms with Crippen molar-refractivity contribution in [1.82, 2.24) is 10.2 Å². The number of fused-ring (bicyclic) bond motifs is 1. The van der Waals surface area contributed by atoms with Crippen LogP contribution < -0.4 is 19.9 Å². The van der Waals surface area contributed by atoms with Gasteiger partial charge in [0.2, 0.25) is 11.8 Å². The van der Waals surface area contributed by atoms with Crippen LogP contribution in [0.25, 0.3) is 11.3 Å². The third-order valence-corrected chi connectivity index (χ3v) is 5.83. The molecule has 1 atom stereocenters. The molecule has 7 nitrogen and oxygen atoms in total. The Hall–Kier alpha value is -4.77. The molecule has 1 aliphatic heterocycles. The van der Waals surface area contributed by atoms with Gasteiger partial charge in [0, 0.05) is 0 Å². The maximum atomic E-state index is 13.2. The van der Waals surface area contributed by atoms with Crippen LogP contribution in [0.3, 0.4) is 0 Å². The monoisotopic (exact) mass is 468 g/mol. The second kappa shape index (κ2) is 9.23. The standard InChI is InChI=1S/C27H21FN4O3/c1-33-22-13-18(9-12-21(22)34-15-16-7-10-19(28)11-8-16)23-20(14-29)26(30)35-27-24(23)25(31-32-27)17-5-3-2-4-6-17/h2-13,23H,15,30H2,1H3,(H,31,32)/t23-/m0/s1. The van der Waals surface area contributed by atoms with Gasteiger partial charge < -0.3 is 19.9 Å². The first-order chi connectivity index (χ1) is 17.1. The third-order valence-electron chi connectivity index (χ3n) is 5.83. The minimum absolute atomic E-state index is 0.00622. The van der Waals surface area contributed by atoms with Crippen LogP contribution in [-0.2, 0) is 6.61 Å². The number of benzene rings is 3. The van der Waals surface area contributed by atoms with E-state index in [0.29, 0.717) is 22.9 Å². The lowest BCUT2D eigenvalue weighted by Crippen LogP contribution is -2.21. The van der Waals surface area contributed by atoms with Crippen LogP contribution in [-0.4, -0.2) is 17.3 Å². The summed E-state index contributed by atoms with van der Waals surface area (Å²) < 4.78 is 30.4. The molecule has 0 amide bonds. The van der Waals surface area contributed by atoms with Crippen molar-refractivity contribution >= 4 is 0 Å². The molecule has 3 N–H and O–H groups in total. The molecule has 174 valence electrons. The summed E-state index contributed by atoms with van der Waals surface area (Å²) in [7, 11) is 1.54. The van der Waals surface area contributed by atoms with Crippen LogP contribution in [0.2, 0.25) is 0 Å². The first-order valence-corrected chi connectivity index (χ1v) is 10.9. The smallest absolute Gasteiger partial charge is 0.244 e. The minimum atomic E-state index is -0.530. The first kappa shape index (κ1) is 22.0. The van der Waals surface area contributed by atoms with Crippen molar-refractivity contribution < 1.29 is 18.6 Å².